The lowest BCUT2D eigenvalue weighted by molar-refractivity contribution is -0.0636. The minimum atomic E-state index is -0.244. The molecule has 110 valence electrons. The fourth-order valence-electron chi connectivity index (χ4n) is 2.67. The molecule has 1 aromatic rings. The molecule has 5 heteroatoms. The third kappa shape index (κ3) is 3.38. The Bertz CT molecular complexity index is 413. The fraction of sp³-hybridized carbons (Fsp3) is 0.786. The zero-order chi connectivity index (χ0) is 14.6. The van der Waals surface area contributed by atoms with Crippen molar-refractivity contribution >= 4 is 15.9 Å². The predicted molar refractivity (Wildman–Crippen MR) is 82.3 cm³/mol. The summed E-state index contributed by atoms with van der Waals surface area (Å²) in [5.41, 5.74) is 8.34. The van der Waals surface area contributed by atoms with Gasteiger partial charge in [-0.3, -0.25) is 4.68 Å². The molecule has 0 aliphatic rings. The van der Waals surface area contributed by atoms with Crippen LogP contribution < -0.4 is 5.73 Å². The molecular formula is C14H26BrN3O. The van der Waals surface area contributed by atoms with E-state index in [1.807, 2.05) is 25.6 Å². The first-order valence-electron chi connectivity index (χ1n) is 6.99. The largest absolute Gasteiger partial charge is 0.374 e. The molecule has 1 heterocycles. The molecule has 1 rings (SSSR count). The van der Waals surface area contributed by atoms with Crippen molar-refractivity contribution in [2.45, 2.75) is 58.6 Å². The van der Waals surface area contributed by atoms with Gasteiger partial charge in [0.1, 0.15) is 0 Å². The highest BCUT2D eigenvalue weighted by Gasteiger charge is 2.35. The summed E-state index contributed by atoms with van der Waals surface area (Å²) >= 11 is 3.60. The van der Waals surface area contributed by atoms with Gasteiger partial charge in [0, 0.05) is 26.1 Å². The van der Waals surface area contributed by atoms with E-state index in [2.05, 4.69) is 34.9 Å². The second-order valence-electron chi connectivity index (χ2n) is 4.99. The second-order valence-corrected chi connectivity index (χ2v) is 5.78. The van der Waals surface area contributed by atoms with Crippen LogP contribution in [0.2, 0.25) is 0 Å². The molecule has 0 aliphatic carbocycles. The van der Waals surface area contributed by atoms with E-state index in [1.165, 1.54) is 0 Å². The summed E-state index contributed by atoms with van der Waals surface area (Å²) in [5.74, 6) is 0. The third-order valence-electron chi connectivity index (χ3n) is 3.98. The van der Waals surface area contributed by atoms with Crippen LogP contribution in [0.3, 0.4) is 0 Å². The van der Waals surface area contributed by atoms with E-state index in [1.54, 1.807) is 0 Å². The predicted octanol–water partition coefficient (Wildman–Crippen LogP) is 2.96. The smallest absolute Gasteiger partial charge is 0.0831 e. The van der Waals surface area contributed by atoms with Crippen LogP contribution >= 0.6 is 15.9 Å². The maximum atomic E-state index is 6.45. The molecular weight excluding hydrogens is 306 g/mol. The molecule has 2 N–H and O–H groups in total. The fourth-order valence-corrected chi connectivity index (χ4v) is 3.17. The maximum absolute atomic E-state index is 6.45. The first-order valence-corrected chi connectivity index (χ1v) is 7.78. The molecule has 0 radical (unpaired) electrons. The van der Waals surface area contributed by atoms with Crippen LogP contribution in [0.5, 0.6) is 0 Å². The minimum absolute atomic E-state index is 0.0338. The number of nitrogens with zero attached hydrogens (tertiary/aromatic N) is 2. The van der Waals surface area contributed by atoms with Crippen molar-refractivity contribution in [2.75, 3.05) is 6.61 Å². The molecule has 0 aromatic carbocycles. The molecule has 0 saturated carbocycles. The molecule has 0 spiro atoms. The van der Waals surface area contributed by atoms with Gasteiger partial charge >= 0.3 is 0 Å². The van der Waals surface area contributed by atoms with Crippen molar-refractivity contribution in [3.8, 4) is 0 Å². The number of aromatic nitrogens is 2. The summed E-state index contributed by atoms with van der Waals surface area (Å²) in [6.45, 7) is 9.00. The van der Waals surface area contributed by atoms with Crippen LogP contribution in [0, 0.1) is 6.92 Å². The van der Waals surface area contributed by atoms with E-state index < -0.39 is 0 Å². The van der Waals surface area contributed by atoms with Crippen LogP contribution in [0.15, 0.2) is 4.47 Å². The normalized spacial score (nSPS) is 13.8. The number of nitrogens with two attached hydrogens (primary N) is 1. The third-order valence-corrected chi connectivity index (χ3v) is 5.01. The lowest BCUT2D eigenvalue weighted by atomic mass is 9.86. The van der Waals surface area contributed by atoms with Crippen LogP contribution in [-0.2, 0) is 18.2 Å². The molecule has 0 aliphatic heterocycles. The van der Waals surface area contributed by atoms with Crippen LogP contribution in [-0.4, -0.2) is 28.0 Å². The van der Waals surface area contributed by atoms with E-state index in [0.29, 0.717) is 6.61 Å². The lowest BCUT2D eigenvalue weighted by Crippen LogP contribution is -2.51. The summed E-state index contributed by atoms with van der Waals surface area (Å²) < 4.78 is 8.94. The Morgan fingerprint density at radius 2 is 1.95 bits per heavy atom. The first-order chi connectivity index (χ1) is 8.91. The van der Waals surface area contributed by atoms with E-state index >= 15 is 0 Å². The van der Waals surface area contributed by atoms with E-state index in [0.717, 1.165) is 35.1 Å². The Morgan fingerprint density at radius 1 is 1.37 bits per heavy atom. The van der Waals surface area contributed by atoms with Gasteiger partial charge in [0.2, 0.25) is 0 Å². The first kappa shape index (κ1) is 16.7. The zero-order valence-corrected chi connectivity index (χ0v) is 14.2. The molecule has 0 saturated heterocycles. The van der Waals surface area contributed by atoms with E-state index in [9.17, 15) is 0 Å². The number of rotatable bonds is 7. The summed E-state index contributed by atoms with van der Waals surface area (Å²) in [5, 5.41) is 4.42. The standard InChI is InChI=1S/C14H26BrN3O/c1-6-14(7-2,19-8-3)12(16)9-11-13(15)10(4)17-18(11)5/h12H,6-9,16H2,1-5H3. The van der Waals surface area contributed by atoms with Crippen LogP contribution in [0.4, 0.5) is 0 Å². The summed E-state index contributed by atoms with van der Waals surface area (Å²) in [7, 11) is 1.96. The molecule has 0 bridgehead atoms. The van der Waals surface area contributed by atoms with Crippen molar-refractivity contribution in [3.05, 3.63) is 15.9 Å². The van der Waals surface area contributed by atoms with Crippen LogP contribution in [0.25, 0.3) is 0 Å². The van der Waals surface area contributed by atoms with Gasteiger partial charge in [-0.2, -0.15) is 5.10 Å². The number of aryl methyl sites for hydroxylation is 2. The van der Waals surface area contributed by atoms with Gasteiger partial charge in [0.25, 0.3) is 0 Å². The van der Waals surface area contributed by atoms with Gasteiger partial charge in [0.05, 0.1) is 21.5 Å². The molecule has 0 amide bonds. The average Bonchev–Trinajstić information content (AvgIpc) is 2.62. The Hall–Kier alpha value is -0.390. The zero-order valence-electron chi connectivity index (χ0n) is 12.7. The topological polar surface area (TPSA) is 53.1 Å². The number of ether oxygens (including phenoxy) is 1. The van der Waals surface area contributed by atoms with Crippen molar-refractivity contribution in [2.24, 2.45) is 12.8 Å². The number of halogens is 1. The minimum Gasteiger partial charge on any atom is -0.374 e. The van der Waals surface area contributed by atoms with Gasteiger partial charge in [-0.15, -0.1) is 0 Å². The van der Waals surface area contributed by atoms with E-state index in [4.69, 9.17) is 10.5 Å². The number of hydrogen-bond donors (Lipinski definition) is 1. The Balaban J connectivity index is 2.96. The highest BCUT2D eigenvalue weighted by Crippen LogP contribution is 2.29. The van der Waals surface area contributed by atoms with Gasteiger partial charge in [-0.05, 0) is 42.6 Å². The van der Waals surface area contributed by atoms with Gasteiger partial charge in [0.15, 0.2) is 0 Å². The quantitative estimate of drug-likeness (QED) is 0.835. The Morgan fingerprint density at radius 3 is 2.32 bits per heavy atom. The summed E-state index contributed by atoms with van der Waals surface area (Å²) in [6, 6.07) is -0.0338. The Kier molecular flexibility index (Phi) is 6.02. The monoisotopic (exact) mass is 331 g/mol. The van der Waals surface area contributed by atoms with E-state index in [-0.39, 0.29) is 11.6 Å². The molecule has 4 nitrogen and oxygen atoms in total. The van der Waals surface area contributed by atoms with Gasteiger partial charge in [-0.25, -0.2) is 0 Å². The maximum Gasteiger partial charge on any atom is 0.0831 e. The highest BCUT2D eigenvalue weighted by atomic mass is 79.9. The molecule has 1 unspecified atom stereocenters. The number of hydrogen-bond acceptors (Lipinski definition) is 3. The summed E-state index contributed by atoms with van der Waals surface area (Å²) in [6.07, 6.45) is 2.61. The highest BCUT2D eigenvalue weighted by molar-refractivity contribution is 9.10. The average molecular weight is 332 g/mol. The van der Waals surface area contributed by atoms with Gasteiger partial charge < -0.3 is 10.5 Å². The Labute approximate surface area is 124 Å². The SMILES string of the molecule is CCOC(CC)(CC)C(N)Cc1c(Br)c(C)nn1C. The summed E-state index contributed by atoms with van der Waals surface area (Å²) in [4.78, 5) is 0. The van der Waals surface area contributed by atoms with Crippen LogP contribution in [0.1, 0.15) is 45.0 Å². The van der Waals surface area contributed by atoms with Crippen molar-refractivity contribution in [3.63, 3.8) is 0 Å². The lowest BCUT2D eigenvalue weighted by Gasteiger charge is -2.37. The molecule has 1 atom stereocenters. The van der Waals surface area contributed by atoms with Gasteiger partial charge in [-0.1, -0.05) is 13.8 Å². The molecule has 19 heavy (non-hydrogen) atoms. The molecule has 0 fully saturated rings. The van der Waals surface area contributed by atoms with Crippen molar-refractivity contribution < 1.29 is 4.74 Å². The van der Waals surface area contributed by atoms with Crippen molar-refractivity contribution in [1.82, 2.24) is 9.78 Å². The second kappa shape index (κ2) is 6.86. The van der Waals surface area contributed by atoms with Crippen molar-refractivity contribution in [1.29, 1.82) is 0 Å². The molecule has 1 aromatic heterocycles.